The van der Waals surface area contributed by atoms with Crippen LogP contribution in [0.4, 0.5) is 5.69 Å². The first-order valence-electron chi connectivity index (χ1n) is 6.86. The summed E-state index contributed by atoms with van der Waals surface area (Å²) in [6.07, 6.45) is 3.51. The fourth-order valence-corrected chi connectivity index (χ4v) is 2.35. The molecule has 0 bridgehead atoms. The maximum absolute atomic E-state index is 11.3. The summed E-state index contributed by atoms with van der Waals surface area (Å²) in [5.41, 5.74) is 9.57. The molecule has 1 aromatic carbocycles. The van der Waals surface area contributed by atoms with Gasteiger partial charge in [-0.15, -0.1) is 24.0 Å². The molecule has 0 aromatic heterocycles. The van der Waals surface area contributed by atoms with E-state index in [1.807, 2.05) is 6.07 Å². The fraction of sp³-hybridized carbons (Fsp3) is 0.467. The molecule has 0 fully saturated rings. The topological polar surface area (TPSA) is 76.7 Å². The number of methoxy groups -OCH3 is 1. The average Bonchev–Trinajstić information content (AvgIpc) is 2.91. The molecule has 1 aliphatic rings. The standard InChI is InChI=1S/C15H21N3O2.HI/c1-10(14(19)20-2)9-17-15(16)18-13-7-6-11-4-3-5-12(11)8-13;/h6-8,10H,3-5,9H2,1-2H3,(H3,16,17,18);1H. The van der Waals surface area contributed by atoms with Gasteiger partial charge >= 0.3 is 5.97 Å². The predicted octanol–water partition coefficient (Wildman–Crippen LogP) is 2.33. The van der Waals surface area contributed by atoms with Crippen molar-refractivity contribution in [1.82, 2.24) is 0 Å². The van der Waals surface area contributed by atoms with Crippen molar-refractivity contribution in [3.8, 4) is 0 Å². The number of hydrogen-bond acceptors (Lipinski definition) is 3. The molecular formula is C15H22IN3O2. The molecule has 2 rings (SSSR count). The summed E-state index contributed by atoms with van der Waals surface area (Å²) in [4.78, 5) is 15.4. The van der Waals surface area contributed by atoms with Crippen molar-refractivity contribution in [1.29, 1.82) is 0 Å². The zero-order chi connectivity index (χ0) is 14.5. The molecule has 1 atom stereocenters. The summed E-state index contributed by atoms with van der Waals surface area (Å²) in [6, 6.07) is 6.26. The summed E-state index contributed by atoms with van der Waals surface area (Å²) >= 11 is 0. The van der Waals surface area contributed by atoms with E-state index >= 15 is 0 Å². The van der Waals surface area contributed by atoms with Crippen molar-refractivity contribution in [2.24, 2.45) is 16.6 Å². The molecule has 5 nitrogen and oxygen atoms in total. The molecule has 21 heavy (non-hydrogen) atoms. The van der Waals surface area contributed by atoms with Crippen LogP contribution in [0.3, 0.4) is 0 Å². The molecule has 1 unspecified atom stereocenters. The van der Waals surface area contributed by atoms with Gasteiger partial charge in [-0.05, 0) is 42.5 Å². The number of benzene rings is 1. The molecular weight excluding hydrogens is 381 g/mol. The maximum atomic E-state index is 11.3. The second-order valence-electron chi connectivity index (χ2n) is 5.11. The minimum atomic E-state index is -0.291. The first-order valence-corrected chi connectivity index (χ1v) is 6.86. The van der Waals surface area contributed by atoms with Gasteiger partial charge in [0.05, 0.1) is 19.6 Å². The van der Waals surface area contributed by atoms with Crippen LogP contribution in [-0.4, -0.2) is 25.6 Å². The number of fused-ring (bicyclic) bond motifs is 1. The van der Waals surface area contributed by atoms with Crippen LogP contribution < -0.4 is 11.1 Å². The van der Waals surface area contributed by atoms with Crippen molar-refractivity contribution < 1.29 is 9.53 Å². The van der Waals surface area contributed by atoms with Gasteiger partial charge < -0.3 is 15.8 Å². The van der Waals surface area contributed by atoms with Crippen molar-refractivity contribution in [3.63, 3.8) is 0 Å². The van der Waals surface area contributed by atoms with Crippen LogP contribution in [0.1, 0.15) is 24.5 Å². The van der Waals surface area contributed by atoms with Gasteiger partial charge in [0, 0.05) is 5.69 Å². The van der Waals surface area contributed by atoms with Gasteiger partial charge in [0.1, 0.15) is 0 Å². The number of guanidine groups is 1. The van der Waals surface area contributed by atoms with Crippen molar-refractivity contribution >= 4 is 41.6 Å². The lowest BCUT2D eigenvalue weighted by Gasteiger charge is -2.09. The number of halogens is 1. The van der Waals surface area contributed by atoms with Crippen molar-refractivity contribution in [2.45, 2.75) is 26.2 Å². The summed E-state index contributed by atoms with van der Waals surface area (Å²) in [7, 11) is 1.37. The number of nitrogens with zero attached hydrogens (tertiary/aromatic N) is 1. The van der Waals surface area contributed by atoms with Crippen molar-refractivity contribution in [3.05, 3.63) is 29.3 Å². The van der Waals surface area contributed by atoms with E-state index in [9.17, 15) is 4.79 Å². The highest BCUT2D eigenvalue weighted by molar-refractivity contribution is 14.0. The third kappa shape index (κ3) is 4.87. The number of rotatable bonds is 4. The van der Waals surface area contributed by atoms with Crippen LogP contribution in [0, 0.1) is 5.92 Å². The first-order chi connectivity index (χ1) is 9.60. The first kappa shape index (κ1) is 17.7. The molecule has 0 radical (unpaired) electrons. The molecule has 0 saturated heterocycles. The van der Waals surface area contributed by atoms with Gasteiger partial charge in [0.15, 0.2) is 5.96 Å². The summed E-state index contributed by atoms with van der Waals surface area (Å²) < 4.78 is 4.64. The minimum Gasteiger partial charge on any atom is -0.469 e. The third-order valence-electron chi connectivity index (χ3n) is 3.51. The van der Waals surface area contributed by atoms with Crippen LogP contribution in [0.2, 0.25) is 0 Å². The van der Waals surface area contributed by atoms with Gasteiger partial charge in [-0.2, -0.15) is 0 Å². The Balaban J connectivity index is 0.00000220. The van der Waals surface area contributed by atoms with E-state index in [4.69, 9.17) is 5.73 Å². The number of hydrogen-bond donors (Lipinski definition) is 2. The van der Waals surface area contributed by atoms with E-state index in [1.165, 1.54) is 24.7 Å². The van der Waals surface area contributed by atoms with Crippen LogP contribution >= 0.6 is 24.0 Å². The second-order valence-corrected chi connectivity index (χ2v) is 5.11. The quantitative estimate of drug-likeness (QED) is 0.350. The molecule has 0 aliphatic heterocycles. The van der Waals surface area contributed by atoms with Gasteiger partial charge in [0.2, 0.25) is 0 Å². The molecule has 0 amide bonds. The number of anilines is 1. The Kier molecular flexibility index (Phi) is 6.94. The summed E-state index contributed by atoms with van der Waals surface area (Å²) in [6.45, 7) is 2.08. The molecule has 0 spiro atoms. The largest absolute Gasteiger partial charge is 0.469 e. The third-order valence-corrected chi connectivity index (χ3v) is 3.51. The minimum absolute atomic E-state index is 0. The fourth-order valence-electron chi connectivity index (χ4n) is 2.35. The number of aryl methyl sites for hydroxylation is 2. The number of aliphatic imine (C=N–C) groups is 1. The van der Waals surface area contributed by atoms with Crippen LogP contribution in [0.25, 0.3) is 0 Å². The monoisotopic (exact) mass is 403 g/mol. The second kappa shape index (κ2) is 8.21. The zero-order valence-corrected chi connectivity index (χ0v) is 14.7. The molecule has 0 heterocycles. The van der Waals surface area contributed by atoms with Gasteiger partial charge in [-0.3, -0.25) is 9.79 Å². The molecule has 1 aliphatic carbocycles. The van der Waals surface area contributed by atoms with Gasteiger partial charge in [0.25, 0.3) is 0 Å². The molecule has 116 valence electrons. The lowest BCUT2D eigenvalue weighted by atomic mass is 10.1. The highest BCUT2D eigenvalue weighted by Crippen LogP contribution is 2.24. The van der Waals surface area contributed by atoms with Crippen molar-refractivity contribution in [2.75, 3.05) is 19.0 Å². The number of carbonyl (C=O) groups excluding carboxylic acids is 1. The number of nitrogens with two attached hydrogens (primary N) is 1. The number of carbonyl (C=O) groups is 1. The highest BCUT2D eigenvalue weighted by Gasteiger charge is 2.13. The molecule has 1 aromatic rings. The maximum Gasteiger partial charge on any atom is 0.310 e. The Labute approximate surface area is 142 Å². The van der Waals surface area contributed by atoms with E-state index < -0.39 is 0 Å². The lowest BCUT2D eigenvalue weighted by Crippen LogP contribution is -2.25. The summed E-state index contributed by atoms with van der Waals surface area (Å²) in [5.74, 6) is -0.252. The van der Waals surface area contributed by atoms with Crippen LogP contribution in [0.15, 0.2) is 23.2 Å². The zero-order valence-electron chi connectivity index (χ0n) is 12.4. The van der Waals surface area contributed by atoms with Gasteiger partial charge in [-0.25, -0.2) is 0 Å². The van der Waals surface area contributed by atoms with E-state index in [-0.39, 0.29) is 35.9 Å². The Morgan fingerprint density at radius 3 is 2.86 bits per heavy atom. The molecule has 0 saturated carbocycles. The van der Waals surface area contributed by atoms with Gasteiger partial charge in [-0.1, -0.05) is 13.0 Å². The van der Waals surface area contributed by atoms with E-state index in [2.05, 4.69) is 27.2 Å². The van der Waals surface area contributed by atoms with Crippen LogP contribution in [0.5, 0.6) is 0 Å². The number of esters is 1. The Morgan fingerprint density at radius 2 is 2.14 bits per heavy atom. The SMILES string of the molecule is COC(=O)C(C)CN=C(N)Nc1ccc2c(c1)CCC2.I. The van der Waals surface area contributed by atoms with E-state index in [1.54, 1.807) is 6.92 Å². The predicted molar refractivity (Wildman–Crippen MR) is 95.2 cm³/mol. The normalized spacial score (nSPS) is 14.9. The van der Waals surface area contributed by atoms with Crippen LogP contribution in [-0.2, 0) is 22.4 Å². The lowest BCUT2D eigenvalue weighted by molar-refractivity contribution is -0.144. The average molecular weight is 403 g/mol. The number of nitrogens with one attached hydrogen (secondary N) is 1. The Hall–Kier alpha value is -1.31. The molecule has 6 heteroatoms. The van der Waals surface area contributed by atoms with E-state index in [0.717, 1.165) is 18.5 Å². The highest BCUT2D eigenvalue weighted by atomic mass is 127. The Morgan fingerprint density at radius 1 is 1.43 bits per heavy atom. The number of ether oxygens (including phenoxy) is 1. The summed E-state index contributed by atoms with van der Waals surface area (Å²) in [5, 5.41) is 3.06. The van der Waals surface area contributed by atoms with E-state index in [0.29, 0.717) is 12.5 Å². The smallest absolute Gasteiger partial charge is 0.310 e. The molecule has 3 N–H and O–H groups in total. The Bertz CT molecular complexity index is 532.